The van der Waals surface area contributed by atoms with Crippen LogP contribution in [0.15, 0.2) is 40.3 Å². The lowest BCUT2D eigenvalue weighted by Crippen LogP contribution is -2.49. The van der Waals surface area contributed by atoms with Crippen molar-refractivity contribution in [1.29, 1.82) is 0 Å². The van der Waals surface area contributed by atoms with Crippen molar-refractivity contribution in [3.05, 3.63) is 41.9 Å². The number of nitrogens with zero attached hydrogens (tertiary/aromatic N) is 3. The third-order valence-corrected chi connectivity index (χ3v) is 5.56. The van der Waals surface area contributed by atoms with Crippen LogP contribution >= 0.6 is 0 Å². The van der Waals surface area contributed by atoms with Gasteiger partial charge in [-0.25, -0.2) is 13.1 Å². The maximum absolute atomic E-state index is 12.6. The van der Waals surface area contributed by atoms with Crippen LogP contribution in [0.1, 0.15) is 15.9 Å². The quantitative estimate of drug-likeness (QED) is 0.864. The molecule has 1 fully saturated rings. The zero-order valence-corrected chi connectivity index (χ0v) is 14.9. The summed E-state index contributed by atoms with van der Waals surface area (Å²) in [5.41, 5.74) is 2.45. The number of amides is 1. The van der Waals surface area contributed by atoms with Gasteiger partial charge in [0, 0.05) is 38.4 Å². The molecule has 0 unspecified atom stereocenters. The average molecular weight is 364 g/mol. The van der Waals surface area contributed by atoms with Crippen molar-refractivity contribution in [1.82, 2.24) is 14.6 Å². The van der Waals surface area contributed by atoms with E-state index in [-0.39, 0.29) is 16.6 Å². The molecule has 0 radical (unpaired) electrons. The molecular weight excluding hydrogens is 344 g/mol. The van der Waals surface area contributed by atoms with Crippen molar-refractivity contribution in [2.24, 2.45) is 0 Å². The number of pyridine rings is 1. The molecule has 9 heteroatoms. The number of aromatic nitrogens is 1. The molecule has 1 amide bonds. The number of furan rings is 1. The molecule has 1 aliphatic rings. The van der Waals surface area contributed by atoms with Crippen LogP contribution in [0, 0.1) is 6.92 Å². The summed E-state index contributed by atoms with van der Waals surface area (Å²) >= 11 is 0. The van der Waals surface area contributed by atoms with E-state index in [0.717, 1.165) is 11.3 Å². The van der Waals surface area contributed by atoms with Crippen LogP contribution in [0.3, 0.4) is 0 Å². The van der Waals surface area contributed by atoms with Gasteiger partial charge in [-0.15, -0.1) is 0 Å². The van der Waals surface area contributed by atoms with E-state index in [1.54, 1.807) is 11.1 Å². The Hall–Kier alpha value is -2.39. The Morgan fingerprint density at radius 2 is 2.00 bits per heavy atom. The predicted octanol–water partition coefficient (Wildman–Crippen LogP) is 0.854. The number of carbonyl (C=O) groups is 1. The van der Waals surface area contributed by atoms with Gasteiger partial charge in [-0.3, -0.25) is 9.78 Å². The van der Waals surface area contributed by atoms with Gasteiger partial charge in [-0.05, 0) is 25.6 Å². The van der Waals surface area contributed by atoms with Crippen molar-refractivity contribution < 1.29 is 17.6 Å². The Balaban J connectivity index is 1.67. The Kier molecular flexibility index (Phi) is 4.78. The largest absolute Gasteiger partial charge is 0.451 e. The van der Waals surface area contributed by atoms with Gasteiger partial charge in [0.15, 0.2) is 0 Å². The average Bonchev–Trinajstić information content (AvgIpc) is 3.13. The molecule has 0 spiro atoms. The van der Waals surface area contributed by atoms with Crippen LogP contribution in [-0.2, 0) is 10.0 Å². The second-order valence-corrected chi connectivity index (χ2v) is 7.62. The number of piperazine rings is 1. The highest BCUT2D eigenvalue weighted by Gasteiger charge is 2.26. The van der Waals surface area contributed by atoms with Gasteiger partial charge in [0.2, 0.25) is 5.09 Å². The molecule has 0 bridgehead atoms. The summed E-state index contributed by atoms with van der Waals surface area (Å²) in [6, 6.07) is 3.22. The summed E-state index contributed by atoms with van der Waals surface area (Å²) in [6.45, 7) is 4.51. The lowest BCUT2D eigenvalue weighted by molar-refractivity contribution is 0.0746. The van der Waals surface area contributed by atoms with Gasteiger partial charge in [-0.1, -0.05) is 0 Å². The number of carbonyl (C=O) groups excluding carboxylic acids is 1. The van der Waals surface area contributed by atoms with E-state index in [1.165, 1.54) is 19.4 Å². The van der Waals surface area contributed by atoms with Crippen LogP contribution in [0.25, 0.3) is 0 Å². The minimum absolute atomic E-state index is 0.233. The van der Waals surface area contributed by atoms with E-state index in [9.17, 15) is 13.2 Å². The molecule has 2 aromatic rings. The summed E-state index contributed by atoms with van der Waals surface area (Å²) in [4.78, 5) is 20.6. The number of rotatable bonds is 4. The molecule has 3 heterocycles. The third kappa shape index (κ3) is 3.52. The molecule has 0 atom stereocenters. The molecule has 2 aromatic heterocycles. The summed E-state index contributed by atoms with van der Waals surface area (Å²) in [7, 11) is -2.40. The Morgan fingerprint density at radius 3 is 2.64 bits per heavy atom. The smallest absolute Gasteiger partial charge is 0.273 e. The van der Waals surface area contributed by atoms with Gasteiger partial charge in [0.25, 0.3) is 15.9 Å². The Bertz CT molecular complexity index is 870. The van der Waals surface area contributed by atoms with E-state index in [0.29, 0.717) is 26.2 Å². The summed E-state index contributed by atoms with van der Waals surface area (Å²) < 4.78 is 30.6. The maximum atomic E-state index is 12.6. The minimum Gasteiger partial charge on any atom is -0.451 e. The number of nitrogens with one attached hydrogen (secondary N) is 1. The monoisotopic (exact) mass is 364 g/mol. The Morgan fingerprint density at radius 1 is 1.28 bits per heavy atom. The van der Waals surface area contributed by atoms with E-state index < -0.39 is 10.0 Å². The SMILES string of the molecule is CNS(=O)(=O)c1cc(C(=O)N2CCN(c3cnccc3C)CC2)co1. The number of aryl methyl sites for hydroxylation is 1. The molecule has 25 heavy (non-hydrogen) atoms. The van der Waals surface area contributed by atoms with Gasteiger partial charge in [0.1, 0.15) is 6.26 Å². The first-order chi connectivity index (χ1) is 11.9. The lowest BCUT2D eigenvalue weighted by atomic mass is 10.2. The van der Waals surface area contributed by atoms with Crippen LogP contribution in [-0.4, -0.2) is 57.4 Å². The van der Waals surface area contributed by atoms with Gasteiger partial charge < -0.3 is 14.2 Å². The molecule has 3 rings (SSSR count). The molecule has 1 N–H and O–H groups in total. The lowest BCUT2D eigenvalue weighted by Gasteiger charge is -2.36. The summed E-state index contributed by atoms with van der Waals surface area (Å²) in [6.07, 6.45) is 4.77. The van der Waals surface area contributed by atoms with E-state index in [1.807, 2.05) is 19.2 Å². The van der Waals surface area contributed by atoms with Crippen LogP contribution < -0.4 is 9.62 Å². The molecule has 8 nitrogen and oxygen atoms in total. The molecule has 0 aromatic carbocycles. The summed E-state index contributed by atoms with van der Waals surface area (Å²) in [5, 5.41) is -0.261. The zero-order valence-electron chi connectivity index (χ0n) is 14.1. The highest BCUT2D eigenvalue weighted by atomic mass is 32.2. The first-order valence-corrected chi connectivity index (χ1v) is 9.37. The number of sulfonamides is 1. The van der Waals surface area contributed by atoms with Crippen LogP contribution in [0.5, 0.6) is 0 Å². The van der Waals surface area contributed by atoms with Crippen molar-refractivity contribution >= 4 is 21.6 Å². The minimum atomic E-state index is -3.69. The fourth-order valence-electron chi connectivity index (χ4n) is 2.79. The maximum Gasteiger partial charge on any atom is 0.273 e. The second kappa shape index (κ2) is 6.85. The first-order valence-electron chi connectivity index (χ1n) is 7.89. The fourth-order valence-corrected chi connectivity index (χ4v) is 3.45. The van der Waals surface area contributed by atoms with Crippen molar-refractivity contribution in [3.63, 3.8) is 0 Å². The zero-order chi connectivity index (χ0) is 18.0. The predicted molar refractivity (Wildman–Crippen MR) is 92.0 cm³/mol. The normalized spacial score (nSPS) is 15.4. The van der Waals surface area contributed by atoms with Crippen molar-refractivity contribution in [2.45, 2.75) is 12.0 Å². The molecule has 0 aliphatic carbocycles. The van der Waals surface area contributed by atoms with Crippen molar-refractivity contribution in [2.75, 3.05) is 38.1 Å². The Labute approximate surface area is 146 Å². The number of anilines is 1. The number of hydrogen-bond donors (Lipinski definition) is 1. The van der Waals surface area contributed by atoms with Crippen molar-refractivity contribution in [3.8, 4) is 0 Å². The molecule has 134 valence electrons. The highest BCUT2D eigenvalue weighted by molar-refractivity contribution is 7.89. The second-order valence-electron chi connectivity index (χ2n) is 5.80. The van der Waals surface area contributed by atoms with Gasteiger partial charge in [-0.2, -0.15) is 0 Å². The van der Waals surface area contributed by atoms with E-state index >= 15 is 0 Å². The molecule has 1 aliphatic heterocycles. The topological polar surface area (TPSA) is 95.8 Å². The highest BCUT2D eigenvalue weighted by Crippen LogP contribution is 2.21. The molecular formula is C16H20N4O4S. The van der Waals surface area contributed by atoms with E-state index in [2.05, 4.69) is 14.6 Å². The van der Waals surface area contributed by atoms with Crippen LogP contribution in [0.2, 0.25) is 0 Å². The van der Waals surface area contributed by atoms with Gasteiger partial charge in [0.05, 0.1) is 17.4 Å². The third-order valence-electron chi connectivity index (χ3n) is 4.27. The van der Waals surface area contributed by atoms with E-state index in [4.69, 9.17) is 4.42 Å². The first kappa shape index (κ1) is 17.4. The fraction of sp³-hybridized carbons (Fsp3) is 0.375. The molecule has 1 saturated heterocycles. The standard InChI is InChI=1S/C16H20N4O4S/c1-12-3-4-18-10-14(12)19-5-7-20(8-6-19)16(21)13-9-15(24-11-13)25(22,23)17-2/h3-4,9-11,17H,5-8H2,1-2H3. The molecule has 0 saturated carbocycles. The van der Waals surface area contributed by atoms with Gasteiger partial charge >= 0.3 is 0 Å². The van der Waals surface area contributed by atoms with Crippen LogP contribution in [0.4, 0.5) is 5.69 Å². The number of hydrogen-bond acceptors (Lipinski definition) is 6. The summed E-state index contributed by atoms with van der Waals surface area (Å²) in [5.74, 6) is -0.233.